The van der Waals surface area contributed by atoms with E-state index in [1.807, 2.05) is 37.3 Å². The highest BCUT2D eigenvalue weighted by Gasteiger charge is 2.33. The average Bonchev–Trinajstić information content (AvgIpc) is 3.46. The third-order valence-electron chi connectivity index (χ3n) is 4.73. The van der Waals surface area contributed by atoms with Gasteiger partial charge in [-0.25, -0.2) is 0 Å². The minimum Gasteiger partial charge on any atom is -0.350 e. The Bertz CT molecular complexity index is 788. The monoisotopic (exact) mass is 339 g/mol. The van der Waals surface area contributed by atoms with Crippen LogP contribution in [-0.4, -0.2) is 28.8 Å². The van der Waals surface area contributed by atoms with Crippen LogP contribution in [0.3, 0.4) is 0 Å². The van der Waals surface area contributed by atoms with Crippen molar-refractivity contribution >= 4 is 23.0 Å². The van der Waals surface area contributed by atoms with Crippen LogP contribution in [0.2, 0.25) is 0 Å². The van der Waals surface area contributed by atoms with Crippen molar-refractivity contribution in [3.8, 4) is 0 Å². The molecule has 1 aliphatic carbocycles. The summed E-state index contributed by atoms with van der Waals surface area (Å²) in [6, 6.07) is 13.9. The highest BCUT2D eigenvalue weighted by molar-refractivity contribution is 5.96. The number of carbonyl (C=O) groups is 1. The van der Waals surface area contributed by atoms with E-state index in [4.69, 9.17) is 0 Å². The average molecular weight is 339 g/mol. The van der Waals surface area contributed by atoms with Crippen LogP contribution < -0.4 is 5.32 Å². The summed E-state index contributed by atoms with van der Waals surface area (Å²) >= 11 is 0. The summed E-state index contributed by atoms with van der Waals surface area (Å²) in [6.45, 7) is 2.02. The van der Waals surface area contributed by atoms with Crippen LogP contribution in [0, 0.1) is 16.0 Å². The number of nitrogens with one attached hydrogen (secondary N) is 1. The van der Waals surface area contributed by atoms with E-state index >= 15 is 0 Å². The fourth-order valence-corrected chi connectivity index (χ4v) is 2.88. The van der Waals surface area contributed by atoms with Crippen molar-refractivity contribution < 1.29 is 9.72 Å². The predicted molar refractivity (Wildman–Crippen MR) is 97.1 cm³/mol. The van der Waals surface area contributed by atoms with Gasteiger partial charge in [0.25, 0.3) is 11.6 Å². The SMILES string of the molecule is CC(C1CC1)N(C)C(=O)c1ccc(Nc2ccccc2)c([N+](=O)[O-])c1. The maximum Gasteiger partial charge on any atom is 0.293 e. The van der Waals surface area contributed by atoms with E-state index in [1.165, 1.54) is 6.07 Å². The van der Waals surface area contributed by atoms with Crippen molar-refractivity contribution in [2.75, 3.05) is 12.4 Å². The molecule has 6 heteroatoms. The third-order valence-corrected chi connectivity index (χ3v) is 4.73. The van der Waals surface area contributed by atoms with Gasteiger partial charge in [0.1, 0.15) is 5.69 Å². The molecule has 0 heterocycles. The van der Waals surface area contributed by atoms with Crippen LogP contribution >= 0.6 is 0 Å². The molecule has 2 aromatic rings. The standard InChI is InChI=1S/C19H21N3O3/c1-13(14-8-9-14)21(2)19(23)15-10-11-17(18(12-15)22(24)25)20-16-6-4-3-5-7-16/h3-7,10-14,20H,8-9H2,1-2H3. The van der Waals surface area contributed by atoms with Crippen LogP contribution in [0.5, 0.6) is 0 Å². The molecule has 2 aromatic carbocycles. The zero-order chi connectivity index (χ0) is 18.0. The third kappa shape index (κ3) is 3.79. The number of anilines is 2. The number of rotatable bonds is 6. The summed E-state index contributed by atoms with van der Waals surface area (Å²) in [7, 11) is 1.76. The number of nitro groups is 1. The fourth-order valence-electron chi connectivity index (χ4n) is 2.88. The van der Waals surface area contributed by atoms with Crippen LogP contribution in [-0.2, 0) is 0 Å². The Morgan fingerprint density at radius 3 is 2.52 bits per heavy atom. The van der Waals surface area contributed by atoms with Gasteiger partial charge in [-0.1, -0.05) is 18.2 Å². The van der Waals surface area contributed by atoms with Gasteiger partial charge in [0.15, 0.2) is 0 Å². The van der Waals surface area contributed by atoms with E-state index in [9.17, 15) is 14.9 Å². The minimum atomic E-state index is -0.466. The second-order valence-electron chi connectivity index (χ2n) is 6.47. The molecule has 130 valence electrons. The summed E-state index contributed by atoms with van der Waals surface area (Å²) in [4.78, 5) is 25.3. The van der Waals surface area contributed by atoms with Crippen LogP contribution in [0.15, 0.2) is 48.5 Å². The highest BCUT2D eigenvalue weighted by atomic mass is 16.6. The zero-order valence-electron chi connectivity index (χ0n) is 14.3. The second-order valence-corrected chi connectivity index (χ2v) is 6.47. The molecule has 0 aliphatic heterocycles. The molecule has 1 fully saturated rings. The summed E-state index contributed by atoms with van der Waals surface area (Å²) < 4.78 is 0. The number of amides is 1. The Morgan fingerprint density at radius 2 is 1.92 bits per heavy atom. The lowest BCUT2D eigenvalue weighted by atomic mass is 10.1. The Hall–Kier alpha value is -2.89. The molecule has 0 radical (unpaired) electrons. The van der Waals surface area contributed by atoms with Crippen molar-refractivity contribution in [2.24, 2.45) is 5.92 Å². The van der Waals surface area contributed by atoms with Crippen molar-refractivity contribution in [1.82, 2.24) is 4.90 Å². The number of nitrogens with zero attached hydrogens (tertiary/aromatic N) is 2. The molecule has 1 unspecified atom stereocenters. The minimum absolute atomic E-state index is 0.109. The van der Waals surface area contributed by atoms with E-state index in [-0.39, 0.29) is 17.6 Å². The van der Waals surface area contributed by atoms with Gasteiger partial charge in [-0.15, -0.1) is 0 Å². The topological polar surface area (TPSA) is 75.5 Å². The first-order chi connectivity index (χ1) is 12.0. The van der Waals surface area contributed by atoms with E-state index in [1.54, 1.807) is 24.1 Å². The first-order valence-electron chi connectivity index (χ1n) is 8.35. The van der Waals surface area contributed by atoms with E-state index in [2.05, 4.69) is 5.32 Å². The Balaban J connectivity index is 1.85. The number of carbonyl (C=O) groups excluding carboxylic acids is 1. The lowest BCUT2D eigenvalue weighted by molar-refractivity contribution is -0.383. The fraction of sp³-hybridized carbons (Fsp3) is 0.316. The summed E-state index contributed by atoms with van der Waals surface area (Å²) in [5.41, 5.74) is 1.34. The predicted octanol–water partition coefficient (Wildman–Crippen LogP) is 4.21. The molecule has 1 atom stereocenters. The lowest BCUT2D eigenvalue weighted by Crippen LogP contribution is -2.36. The molecule has 1 N–H and O–H groups in total. The van der Waals surface area contributed by atoms with Gasteiger partial charge < -0.3 is 10.2 Å². The molecular formula is C19H21N3O3. The molecule has 1 amide bonds. The largest absolute Gasteiger partial charge is 0.350 e. The molecule has 25 heavy (non-hydrogen) atoms. The molecule has 3 rings (SSSR count). The first-order valence-corrected chi connectivity index (χ1v) is 8.35. The maximum absolute atomic E-state index is 12.6. The molecule has 0 aromatic heterocycles. The first kappa shape index (κ1) is 17.0. The van der Waals surface area contributed by atoms with Gasteiger partial charge >= 0.3 is 0 Å². The Labute approximate surface area is 146 Å². The van der Waals surface area contributed by atoms with Crippen LogP contribution in [0.25, 0.3) is 0 Å². The summed E-state index contributed by atoms with van der Waals surface area (Å²) in [5.74, 6) is 0.358. The Kier molecular flexibility index (Phi) is 4.70. The molecule has 0 saturated heterocycles. The van der Waals surface area contributed by atoms with Crippen LogP contribution in [0.1, 0.15) is 30.1 Å². The number of hydrogen-bond donors (Lipinski definition) is 1. The van der Waals surface area contributed by atoms with Crippen LogP contribution in [0.4, 0.5) is 17.1 Å². The smallest absolute Gasteiger partial charge is 0.293 e. The maximum atomic E-state index is 12.6. The number of para-hydroxylation sites is 1. The summed E-state index contributed by atoms with van der Waals surface area (Å²) in [6.07, 6.45) is 2.28. The highest BCUT2D eigenvalue weighted by Crippen LogP contribution is 2.35. The van der Waals surface area contributed by atoms with Crippen molar-refractivity contribution in [1.29, 1.82) is 0 Å². The van der Waals surface area contributed by atoms with Gasteiger partial charge in [0.05, 0.1) is 4.92 Å². The number of nitro benzene ring substituents is 1. The van der Waals surface area contributed by atoms with E-state index in [0.717, 1.165) is 18.5 Å². The Morgan fingerprint density at radius 1 is 1.24 bits per heavy atom. The van der Waals surface area contributed by atoms with Gasteiger partial charge in [0, 0.05) is 30.4 Å². The number of benzene rings is 2. The van der Waals surface area contributed by atoms with Crippen molar-refractivity contribution in [3.63, 3.8) is 0 Å². The van der Waals surface area contributed by atoms with Gasteiger partial charge in [-0.3, -0.25) is 14.9 Å². The van der Waals surface area contributed by atoms with E-state index < -0.39 is 4.92 Å². The molecule has 0 bridgehead atoms. The van der Waals surface area contributed by atoms with Gasteiger partial charge in [-0.05, 0) is 49.9 Å². The molecule has 0 spiro atoms. The van der Waals surface area contributed by atoms with Crippen molar-refractivity contribution in [3.05, 3.63) is 64.2 Å². The summed E-state index contributed by atoms with van der Waals surface area (Å²) in [5, 5.41) is 14.5. The lowest BCUT2D eigenvalue weighted by Gasteiger charge is -2.25. The number of hydrogen-bond acceptors (Lipinski definition) is 4. The molecular weight excluding hydrogens is 318 g/mol. The van der Waals surface area contributed by atoms with E-state index in [0.29, 0.717) is 17.2 Å². The van der Waals surface area contributed by atoms with Gasteiger partial charge in [-0.2, -0.15) is 0 Å². The van der Waals surface area contributed by atoms with Gasteiger partial charge in [0.2, 0.25) is 0 Å². The van der Waals surface area contributed by atoms with Crippen molar-refractivity contribution in [2.45, 2.75) is 25.8 Å². The quantitative estimate of drug-likeness (QED) is 0.632. The molecule has 6 nitrogen and oxygen atoms in total. The zero-order valence-corrected chi connectivity index (χ0v) is 14.3. The normalized spacial score (nSPS) is 14.6. The molecule has 1 aliphatic rings. The second kappa shape index (κ2) is 6.93. The molecule has 1 saturated carbocycles.